The summed E-state index contributed by atoms with van der Waals surface area (Å²) in [5.74, 6) is 7.32. The first-order chi connectivity index (χ1) is 14.0. The van der Waals surface area contributed by atoms with Crippen LogP contribution in [0, 0.1) is 42.4 Å². The number of hydrogen-bond donors (Lipinski definition) is 0. The maximum Gasteiger partial charge on any atom is 0.126 e. The Kier molecular flexibility index (Phi) is 3.55. The van der Waals surface area contributed by atoms with Crippen LogP contribution < -0.4 is 4.74 Å². The molecule has 1 aromatic rings. The molecule has 0 heterocycles. The predicted molar refractivity (Wildman–Crippen MR) is 117 cm³/mol. The van der Waals surface area contributed by atoms with E-state index in [0.717, 1.165) is 35.5 Å². The van der Waals surface area contributed by atoms with Gasteiger partial charge in [0.1, 0.15) is 5.75 Å². The minimum Gasteiger partial charge on any atom is -0.496 e. The topological polar surface area (TPSA) is 9.23 Å². The van der Waals surface area contributed by atoms with Gasteiger partial charge in [0.05, 0.1) is 7.11 Å². The Morgan fingerprint density at radius 2 is 0.931 bits per heavy atom. The second kappa shape index (κ2) is 5.83. The third-order valence-electron chi connectivity index (χ3n) is 10.7. The van der Waals surface area contributed by atoms with Gasteiger partial charge >= 0.3 is 0 Å². The molecule has 8 fully saturated rings. The Labute approximate surface area is 177 Å². The van der Waals surface area contributed by atoms with E-state index in [4.69, 9.17) is 4.74 Å². The van der Waals surface area contributed by atoms with Gasteiger partial charge < -0.3 is 4.74 Å². The molecule has 0 aromatic heterocycles. The van der Waals surface area contributed by atoms with Crippen molar-refractivity contribution >= 4 is 0 Å². The van der Waals surface area contributed by atoms with E-state index in [9.17, 15) is 0 Å². The fraction of sp³-hybridized carbons (Fsp3) is 0.786. The van der Waals surface area contributed by atoms with Crippen molar-refractivity contribution in [2.45, 2.75) is 94.8 Å². The SMILES string of the molecule is COc1c(C23CC4CC(CC(C4)C2)C3)cc(C)cc1C12CC3CC(CC(C3)C1)C2. The predicted octanol–water partition coefficient (Wildman–Crippen LogP) is 6.94. The molecule has 1 nitrogen and oxygen atoms in total. The average Bonchev–Trinajstić information content (AvgIpc) is 2.65. The monoisotopic (exact) mass is 390 g/mol. The summed E-state index contributed by atoms with van der Waals surface area (Å²) >= 11 is 0. The van der Waals surface area contributed by atoms with Gasteiger partial charge in [-0.2, -0.15) is 0 Å². The smallest absolute Gasteiger partial charge is 0.126 e. The van der Waals surface area contributed by atoms with Crippen LogP contribution in [0.15, 0.2) is 12.1 Å². The third kappa shape index (κ3) is 2.45. The van der Waals surface area contributed by atoms with Crippen molar-refractivity contribution in [2.75, 3.05) is 7.11 Å². The average molecular weight is 391 g/mol. The van der Waals surface area contributed by atoms with Crippen LogP contribution in [0.5, 0.6) is 5.75 Å². The molecule has 8 aliphatic carbocycles. The van der Waals surface area contributed by atoms with Crippen LogP contribution in [0.1, 0.15) is 93.7 Å². The first kappa shape index (κ1) is 17.7. The number of rotatable bonds is 3. The van der Waals surface area contributed by atoms with Crippen molar-refractivity contribution in [2.24, 2.45) is 35.5 Å². The zero-order valence-corrected chi connectivity index (χ0v) is 18.5. The summed E-state index contributed by atoms with van der Waals surface area (Å²) in [6.45, 7) is 2.37. The second-order valence-electron chi connectivity index (χ2n) is 12.8. The van der Waals surface area contributed by atoms with E-state index in [1.807, 2.05) is 7.11 Å². The van der Waals surface area contributed by atoms with E-state index in [1.54, 1.807) is 11.1 Å². The number of methoxy groups -OCH3 is 1. The van der Waals surface area contributed by atoms with E-state index < -0.39 is 0 Å². The molecule has 0 amide bonds. The Morgan fingerprint density at radius 1 is 0.621 bits per heavy atom. The lowest BCUT2D eigenvalue weighted by atomic mass is 9.46. The minimum atomic E-state index is 0.434. The Morgan fingerprint density at radius 3 is 1.21 bits per heavy atom. The van der Waals surface area contributed by atoms with E-state index in [-0.39, 0.29) is 0 Å². The summed E-state index contributed by atoms with van der Waals surface area (Å²) in [5.41, 5.74) is 5.66. The van der Waals surface area contributed by atoms with Crippen molar-refractivity contribution in [3.63, 3.8) is 0 Å². The maximum absolute atomic E-state index is 6.41. The van der Waals surface area contributed by atoms with Crippen LogP contribution >= 0.6 is 0 Å². The quantitative estimate of drug-likeness (QED) is 0.543. The van der Waals surface area contributed by atoms with Crippen LogP contribution in [0.25, 0.3) is 0 Å². The van der Waals surface area contributed by atoms with Gasteiger partial charge in [-0.25, -0.2) is 0 Å². The van der Waals surface area contributed by atoms with Crippen molar-refractivity contribution in [1.82, 2.24) is 0 Å². The maximum atomic E-state index is 6.41. The number of aryl methyl sites for hydroxylation is 1. The van der Waals surface area contributed by atoms with E-state index in [0.29, 0.717) is 10.8 Å². The van der Waals surface area contributed by atoms with Crippen molar-refractivity contribution in [1.29, 1.82) is 0 Å². The van der Waals surface area contributed by atoms with Gasteiger partial charge in [-0.1, -0.05) is 17.7 Å². The highest BCUT2D eigenvalue weighted by atomic mass is 16.5. The molecule has 9 rings (SSSR count). The molecule has 29 heavy (non-hydrogen) atoms. The molecule has 8 saturated carbocycles. The zero-order valence-electron chi connectivity index (χ0n) is 18.5. The fourth-order valence-electron chi connectivity index (χ4n) is 10.7. The van der Waals surface area contributed by atoms with Gasteiger partial charge in [0.15, 0.2) is 0 Å². The molecule has 0 aliphatic heterocycles. The second-order valence-corrected chi connectivity index (χ2v) is 12.8. The molecule has 0 spiro atoms. The van der Waals surface area contributed by atoms with Gasteiger partial charge in [0, 0.05) is 11.1 Å². The molecule has 1 aromatic carbocycles. The zero-order chi connectivity index (χ0) is 19.4. The molecule has 8 aliphatic rings. The normalized spacial score (nSPS) is 49.0. The standard InChI is InChI=1S/C28H38O/c1-17-3-24(27-11-18-5-19(12-27)7-20(6-18)13-27)26(29-2)25(4-17)28-14-21-8-22(15-28)10-23(9-21)16-28/h3-4,18-23H,5-16H2,1-2H3. The summed E-state index contributed by atoms with van der Waals surface area (Å²) in [4.78, 5) is 0. The molecule has 0 N–H and O–H groups in total. The summed E-state index contributed by atoms with van der Waals surface area (Å²) in [6, 6.07) is 5.13. The van der Waals surface area contributed by atoms with Crippen molar-refractivity contribution in [3.8, 4) is 5.75 Å². The molecule has 0 radical (unpaired) electrons. The number of hydrogen-bond acceptors (Lipinski definition) is 1. The number of benzene rings is 1. The molecule has 0 atom stereocenters. The summed E-state index contributed by atoms with van der Waals surface area (Å²) in [6.07, 6.45) is 17.8. The third-order valence-corrected chi connectivity index (χ3v) is 10.7. The van der Waals surface area contributed by atoms with Crippen molar-refractivity contribution in [3.05, 3.63) is 28.8 Å². The van der Waals surface area contributed by atoms with E-state index in [1.165, 1.54) is 88.4 Å². The first-order valence-electron chi connectivity index (χ1n) is 12.7. The first-order valence-corrected chi connectivity index (χ1v) is 12.7. The number of ether oxygens (including phenoxy) is 1. The van der Waals surface area contributed by atoms with Crippen LogP contribution in [0.4, 0.5) is 0 Å². The van der Waals surface area contributed by atoms with Crippen LogP contribution in [0.3, 0.4) is 0 Å². The molecule has 8 bridgehead atoms. The lowest BCUT2D eigenvalue weighted by molar-refractivity contribution is -0.0103. The largest absolute Gasteiger partial charge is 0.496 e. The Hall–Kier alpha value is -0.980. The molecule has 0 saturated heterocycles. The van der Waals surface area contributed by atoms with Gasteiger partial charge in [-0.05, 0) is 130 Å². The van der Waals surface area contributed by atoms with Crippen molar-refractivity contribution < 1.29 is 4.74 Å². The Balaban J connectivity index is 1.38. The van der Waals surface area contributed by atoms with Gasteiger partial charge in [-0.15, -0.1) is 0 Å². The highest BCUT2D eigenvalue weighted by Crippen LogP contribution is 2.65. The summed E-state index contributed by atoms with van der Waals surface area (Å²) in [7, 11) is 1.98. The van der Waals surface area contributed by atoms with Gasteiger partial charge in [0.2, 0.25) is 0 Å². The molecular weight excluding hydrogens is 352 g/mol. The minimum absolute atomic E-state index is 0.434. The molecule has 1 heteroatoms. The highest BCUT2D eigenvalue weighted by molar-refractivity contribution is 5.53. The Bertz CT molecular complexity index is 712. The summed E-state index contributed by atoms with van der Waals surface area (Å²) < 4.78 is 6.41. The lowest BCUT2D eigenvalue weighted by Crippen LogP contribution is -2.50. The summed E-state index contributed by atoms with van der Waals surface area (Å²) in [5, 5.41) is 0. The highest BCUT2D eigenvalue weighted by Gasteiger charge is 2.55. The van der Waals surface area contributed by atoms with Gasteiger partial charge in [-0.3, -0.25) is 0 Å². The van der Waals surface area contributed by atoms with Crippen LogP contribution in [-0.4, -0.2) is 7.11 Å². The molecule has 156 valence electrons. The lowest BCUT2D eigenvalue weighted by Gasteiger charge is -2.59. The van der Waals surface area contributed by atoms with E-state index >= 15 is 0 Å². The molecule has 0 unspecified atom stereocenters. The van der Waals surface area contributed by atoms with Crippen LogP contribution in [-0.2, 0) is 10.8 Å². The van der Waals surface area contributed by atoms with Crippen LogP contribution in [0.2, 0.25) is 0 Å². The molecular formula is C28H38O. The van der Waals surface area contributed by atoms with Gasteiger partial charge in [0.25, 0.3) is 0 Å². The fourth-order valence-corrected chi connectivity index (χ4v) is 10.7. The van der Waals surface area contributed by atoms with E-state index in [2.05, 4.69) is 19.1 Å².